The molecule has 2 rings (SSSR count). The Hall–Kier alpha value is -0.840. The fraction of sp³-hybridized carbons (Fsp3) is 0.100. The third-order valence-electron chi connectivity index (χ3n) is 1.90. The summed E-state index contributed by atoms with van der Waals surface area (Å²) in [5.74, 6) is 0.685. The number of aryl methyl sites for hydroxylation is 1. The monoisotopic (exact) mass is 286 g/mol. The summed E-state index contributed by atoms with van der Waals surface area (Å²) in [6.07, 6.45) is 0. The minimum absolute atomic E-state index is 0.0555. The van der Waals surface area contributed by atoms with Crippen molar-refractivity contribution in [1.29, 1.82) is 0 Å². The molecule has 3 heteroatoms. The summed E-state index contributed by atoms with van der Waals surface area (Å²) in [6.45, 7) is 1.80. The van der Waals surface area contributed by atoms with Gasteiger partial charge in [0, 0.05) is 0 Å². The Morgan fingerprint density at radius 3 is 2.77 bits per heavy atom. The molecule has 0 aliphatic heterocycles. The van der Waals surface area contributed by atoms with Crippen molar-refractivity contribution in [3.8, 4) is 0 Å². The second-order valence-corrected chi connectivity index (χ2v) is 3.88. The summed E-state index contributed by atoms with van der Waals surface area (Å²) in [5.41, 5.74) is 0.713. The summed E-state index contributed by atoms with van der Waals surface area (Å²) in [7, 11) is 0. The number of halogens is 1. The van der Waals surface area contributed by atoms with Gasteiger partial charge in [0.2, 0.25) is 5.43 Å². The lowest BCUT2D eigenvalue weighted by atomic mass is 10.2. The molecule has 2 aromatic rings. The quantitative estimate of drug-likeness (QED) is 0.697. The van der Waals surface area contributed by atoms with Gasteiger partial charge in [0.05, 0.1) is 8.96 Å². The lowest BCUT2D eigenvalue weighted by molar-refractivity contribution is 0.559. The van der Waals surface area contributed by atoms with Crippen molar-refractivity contribution in [3.05, 3.63) is 43.8 Å². The molecule has 0 aliphatic carbocycles. The maximum Gasteiger partial charge on any atom is 0.206 e. The fourth-order valence-corrected chi connectivity index (χ4v) is 1.63. The highest BCUT2D eigenvalue weighted by atomic mass is 127. The molecule has 1 heterocycles. The first kappa shape index (κ1) is 8.74. The Morgan fingerprint density at radius 2 is 2.00 bits per heavy atom. The average molecular weight is 286 g/mol. The van der Waals surface area contributed by atoms with Crippen LogP contribution in [-0.4, -0.2) is 0 Å². The van der Waals surface area contributed by atoms with E-state index in [2.05, 4.69) is 0 Å². The lowest BCUT2D eigenvalue weighted by Crippen LogP contribution is -2.06. The van der Waals surface area contributed by atoms with Crippen LogP contribution in [0.1, 0.15) is 5.76 Å². The second kappa shape index (κ2) is 3.14. The van der Waals surface area contributed by atoms with Gasteiger partial charge in [-0.05, 0) is 41.6 Å². The molecule has 0 saturated heterocycles. The van der Waals surface area contributed by atoms with Gasteiger partial charge < -0.3 is 4.42 Å². The van der Waals surface area contributed by atoms with Crippen LogP contribution in [0.5, 0.6) is 0 Å². The molecule has 0 N–H and O–H groups in total. The van der Waals surface area contributed by atoms with E-state index >= 15 is 0 Å². The number of benzene rings is 1. The standard InChI is InChI=1S/C10H7IO2/c1-6-9(11)10(12)7-4-2-3-5-8(7)13-6/h2-5H,1H3. The Labute approximate surface area is 88.7 Å². The number of fused-ring (bicyclic) bond motifs is 1. The molecular formula is C10H7IO2. The third kappa shape index (κ3) is 1.37. The van der Waals surface area contributed by atoms with E-state index in [9.17, 15) is 4.79 Å². The topological polar surface area (TPSA) is 30.2 Å². The summed E-state index contributed by atoms with van der Waals surface area (Å²) < 4.78 is 6.13. The molecule has 66 valence electrons. The highest BCUT2D eigenvalue weighted by Gasteiger charge is 2.06. The molecule has 0 aliphatic rings. The van der Waals surface area contributed by atoms with E-state index < -0.39 is 0 Å². The molecule has 0 spiro atoms. The van der Waals surface area contributed by atoms with Crippen LogP contribution < -0.4 is 5.43 Å². The van der Waals surface area contributed by atoms with Crippen LogP contribution in [-0.2, 0) is 0 Å². The predicted molar refractivity (Wildman–Crippen MR) is 59.9 cm³/mol. The van der Waals surface area contributed by atoms with Gasteiger partial charge in [0.1, 0.15) is 11.3 Å². The molecule has 13 heavy (non-hydrogen) atoms. The van der Waals surface area contributed by atoms with Crippen LogP contribution in [0, 0.1) is 10.5 Å². The zero-order valence-electron chi connectivity index (χ0n) is 7.00. The van der Waals surface area contributed by atoms with Gasteiger partial charge in [-0.15, -0.1) is 0 Å². The number of hydrogen-bond donors (Lipinski definition) is 0. The van der Waals surface area contributed by atoms with E-state index in [1.165, 1.54) is 0 Å². The van der Waals surface area contributed by atoms with Crippen LogP contribution in [0.15, 0.2) is 33.5 Å². The van der Waals surface area contributed by atoms with Gasteiger partial charge in [-0.1, -0.05) is 12.1 Å². The summed E-state index contributed by atoms with van der Waals surface area (Å²) in [4.78, 5) is 11.7. The lowest BCUT2D eigenvalue weighted by Gasteiger charge is -1.99. The molecule has 2 nitrogen and oxygen atoms in total. The first-order valence-electron chi connectivity index (χ1n) is 3.88. The Morgan fingerprint density at radius 1 is 1.31 bits per heavy atom. The summed E-state index contributed by atoms with van der Waals surface area (Å²) in [6, 6.07) is 7.28. The van der Waals surface area contributed by atoms with Gasteiger partial charge in [-0.25, -0.2) is 0 Å². The van der Waals surface area contributed by atoms with E-state index in [0.717, 1.165) is 0 Å². The van der Waals surface area contributed by atoms with Gasteiger partial charge in [0.25, 0.3) is 0 Å². The highest BCUT2D eigenvalue weighted by molar-refractivity contribution is 14.1. The normalized spacial score (nSPS) is 10.6. The van der Waals surface area contributed by atoms with Crippen molar-refractivity contribution in [2.24, 2.45) is 0 Å². The van der Waals surface area contributed by atoms with Crippen molar-refractivity contribution < 1.29 is 4.42 Å². The number of hydrogen-bond acceptors (Lipinski definition) is 2. The molecule has 0 fully saturated rings. The molecule has 0 unspecified atom stereocenters. The molecule has 1 aromatic heterocycles. The van der Waals surface area contributed by atoms with Gasteiger partial charge in [0.15, 0.2) is 0 Å². The van der Waals surface area contributed by atoms with Crippen LogP contribution in [0.4, 0.5) is 0 Å². The first-order chi connectivity index (χ1) is 6.20. The minimum atomic E-state index is 0.0555. The van der Waals surface area contributed by atoms with Crippen molar-refractivity contribution in [2.45, 2.75) is 6.92 Å². The second-order valence-electron chi connectivity index (χ2n) is 2.80. The van der Waals surface area contributed by atoms with Crippen LogP contribution in [0.2, 0.25) is 0 Å². The van der Waals surface area contributed by atoms with E-state index in [4.69, 9.17) is 4.42 Å². The number of para-hydroxylation sites is 1. The van der Waals surface area contributed by atoms with Crippen molar-refractivity contribution in [3.63, 3.8) is 0 Å². The van der Waals surface area contributed by atoms with Crippen LogP contribution >= 0.6 is 22.6 Å². The van der Waals surface area contributed by atoms with Crippen molar-refractivity contribution in [2.75, 3.05) is 0 Å². The maximum atomic E-state index is 11.7. The molecular weight excluding hydrogens is 279 g/mol. The molecule has 0 radical (unpaired) electrons. The Balaban J connectivity index is 3.03. The molecule has 0 atom stereocenters. The van der Waals surface area contributed by atoms with E-state index in [1.54, 1.807) is 19.1 Å². The summed E-state index contributed by atoms with van der Waals surface area (Å²) in [5, 5.41) is 0.650. The average Bonchev–Trinajstić information content (AvgIpc) is 2.15. The number of rotatable bonds is 0. The van der Waals surface area contributed by atoms with Gasteiger partial charge in [-0.2, -0.15) is 0 Å². The van der Waals surface area contributed by atoms with Gasteiger partial charge in [-0.3, -0.25) is 4.79 Å². The van der Waals surface area contributed by atoms with Crippen molar-refractivity contribution in [1.82, 2.24) is 0 Å². The predicted octanol–water partition coefficient (Wildman–Crippen LogP) is 2.71. The Bertz CT molecular complexity index is 514. The molecule has 0 saturated carbocycles. The fourth-order valence-electron chi connectivity index (χ4n) is 1.23. The van der Waals surface area contributed by atoms with E-state index in [1.807, 2.05) is 34.7 Å². The largest absolute Gasteiger partial charge is 0.460 e. The van der Waals surface area contributed by atoms with Crippen LogP contribution in [0.3, 0.4) is 0 Å². The van der Waals surface area contributed by atoms with Crippen molar-refractivity contribution >= 4 is 33.6 Å². The zero-order valence-corrected chi connectivity index (χ0v) is 9.16. The smallest absolute Gasteiger partial charge is 0.206 e. The maximum absolute atomic E-state index is 11.7. The SMILES string of the molecule is Cc1oc2ccccc2c(=O)c1I. The first-order valence-corrected chi connectivity index (χ1v) is 4.96. The van der Waals surface area contributed by atoms with E-state index in [0.29, 0.717) is 20.3 Å². The van der Waals surface area contributed by atoms with E-state index in [-0.39, 0.29) is 5.43 Å². The van der Waals surface area contributed by atoms with Crippen LogP contribution in [0.25, 0.3) is 11.0 Å². The summed E-state index contributed by atoms with van der Waals surface area (Å²) >= 11 is 2.01. The van der Waals surface area contributed by atoms with Gasteiger partial charge >= 0.3 is 0 Å². The third-order valence-corrected chi connectivity index (χ3v) is 3.15. The molecule has 1 aromatic carbocycles. The zero-order chi connectivity index (χ0) is 9.42. The molecule has 0 bridgehead atoms. The highest BCUT2D eigenvalue weighted by Crippen LogP contribution is 2.15. The Kier molecular flexibility index (Phi) is 2.11. The minimum Gasteiger partial charge on any atom is -0.460 e. The molecule has 0 amide bonds.